The Bertz CT molecular complexity index is 1880. The zero-order chi connectivity index (χ0) is 37.2. The van der Waals surface area contributed by atoms with E-state index < -0.39 is 6.10 Å². The van der Waals surface area contributed by atoms with Gasteiger partial charge in [-0.2, -0.15) is 0 Å². The van der Waals surface area contributed by atoms with Gasteiger partial charge in [0.1, 0.15) is 5.75 Å². The molecule has 2 aromatic heterocycles. The van der Waals surface area contributed by atoms with Crippen LogP contribution in [-0.4, -0.2) is 119 Å². The van der Waals surface area contributed by atoms with Gasteiger partial charge in [-0.05, 0) is 68.0 Å². The minimum absolute atomic E-state index is 0.0310. The number of aliphatic hydroxyl groups is 1. The molecule has 284 valence electrons. The Kier molecular flexibility index (Phi) is 13.1. The number of carbonyl (C=O) groups excluding carboxylic acids is 1. The number of benzene rings is 2. The zero-order valence-corrected chi connectivity index (χ0v) is 30.9. The topological polar surface area (TPSA) is 156 Å². The third-order valence-electron chi connectivity index (χ3n) is 10.4. The highest BCUT2D eigenvalue weighted by Gasteiger charge is 2.40. The highest BCUT2D eigenvalue weighted by atomic mass is 16.5. The average molecular weight is 728 g/mol. The quantitative estimate of drug-likeness (QED) is 0.126. The van der Waals surface area contributed by atoms with Crippen LogP contribution < -0.4 is 15.8 Å². The first-order valence-corrected chi connectivity index (χ1v) is 18.8. The number of ether oxygens (including phenoxy) is 2. The van der Waals surface area contributed by atoms with Crippen molar-refractivity contribution in [1.82, 2.24) is 30.1 Å². The smallest absolute Gasteiger partial charge is 0.248 e. The Morgan fingerprint density at radius 2 is 1.94 bits per heavy atom. The van der Waals surface area contributed by atoms with Crippen LogP contribution in [0.4, 0.5) is 5.95 Å². The van der Waals surface area contributed by atoms with Crippen LogP contribution in [0.2, 0.25) is 0 Å². The number of aliphatic hydroxyl groups excluding tert-OH is 1. The normalized spacial score (nSPS) is 16.6. The molecular formula is C40H53N7O6. The van der Waals surface area contributed by atoms with Gasteiger partial charge in [0, 0.05) is 75.7 Å². The summed E-state index contributed by atoms with van der Waals surface area (Å²) in [4.78, 5) is 42.9. The number of pyridine rings is 1. The van der Waals surface area contributed by atoms with Crippen LogP contribution >= 0.6 is 0 Å². The van der Waals surface area contributed by atoms with Crippen molar-refractivity contribution in [2.45, 2.75) is 57.8 Å². The summed E-state index contributed by atoms with van der Waals surface area (Å²) >= 11 is 0. The number of anilines is 1. The molecule has 0 radical (unpaired) electrons. The monoisotopic (exact) mass is 727 g/mol. The van der Waals surface area contributed by atoms with Crippen LogP contribution in [0, 0.1) is 6.92 Å². The number of amides is 1. The number of hydrogen-bond acceptors (Lipinski definition) is 11. The summed E-state index contributed by atoms with van der Waals surface area (Å²) in [6.45, 7) is 11.9. The van der Waals surface area contributed by atoms with Gasteiger partial charge in [0.05, 0.1) is 50.0 Å². The predicted molar refractivity (Wildman–Crippen MR) is 204 cm³/mol. The number of nitrogens with one attached hydrogen (secondary N) is 2. The lowest BCUT2D eigenvalue weighted by molar-refractivity contribution is -0.132. The summed E-state index contributed by atoms with van der Waals surface area (Å²) < 4.78 is 12.3. The molecule has 1 atom stereocenters. The Hall–Kier alpha value is -4.40. The van der Waals surface area contributed by atoms with Gasteiger partial charge in [-0.25, -0.2) is 9.97 Å². The predicted octanol–water partition coefficient (Wildman–Crippen LogP) is 3.32. The summed E-state index contributed by atoms with van der Waals surface area (Å²) in [5.41, 5.74) is 3.93. The van der Waals surface area contributed by atoms with E-state index in [1.807, 2.05) is 26.1 Å². The molecule has 6 rings (SSSR count). The summed E-state index contributed by atoms with van der Waals surface area (Å²) in [5, 5.41) is 24.7. The SMILES string of the molecule is CCN(CCNC[C@H](O)c1ccc(O)c2[nH]c(=O)ccc12)C(=O)CCOCCc1cccc(CN2CCC3(CC2)CN(c2nccc(C)n2)CCO3)c1. The standard InChI is InChI=1S/C40H53N7O6/c1-3-46(20-17-41-26-35(49)32-7-9-34(48)38-33(32)8-10-36(50)44-38)37(51)13-23-52-22-12-30-5-4-6-31(25-30)27-45-18-14-40(15-19-45)28-47(21-24-53-40)39-42-16-11-29(2)43-39/h4-11,16,25,35,41,48-49H,3,12-15,17-24,26-28H2,1-2H3,(H,44,50)/t35-/m0/s1. The van der Waals surface area contributed by atoms with E-state index in [1.165, 1.54) is 23.3 Å². The maximum atomic E-state index is 12.9. The van der Waals surface area contributed by atoms with Gasteiger partial charge in [-0.1, -0.05) is 30.3 Å². The van der Waals surface area contributed by atoms with Gasteiger partial charge in [0.2, 0.25) is 17.4 Å². The molecule has 0 aliphatic carbocycles. The Labute approximate surface area is 311 Å². The molecule has 4 aromatic rings. The maximum absolute atomic E-state index is 12.9. The van der Waals surface area contributed by atoms with E-state index in [0.717, 1.165) is 63.6 Å². The molecule has 13 heteroatoms. The van der Waals surface area contributed by atoms with Crippen molar-refractivity contribution in [3.63, 3.8) is 0 Å². The molecule has 0 saturated carbocycles. The molecule has 2 aromatic carbocycles. The first-order valence-electron chi connectivity index (χ1n) is 18.8. The highest BCUT2D eigenvalue weighted by molar-refractivity contribution is 5.87. The number of aromatic nitrogens is 3. The van der Waals surface area contributed by atoms with Crippen LogP contribution in [0.3, 0.4) is 0 Å². The largest absolute Gasteiger partial charge is 0.506 e. The number of hydrogen-bond donors (Lipinski definition) is 4. The van der Waals surface area contributed by atoms with Crippen molar-refractivity contribution in [2.24, 2.45) is 0 Å². The second kappa shape index (κ2) is 18.1. The minimum atomic E-state index is -0.856. The van der Waals surface area contributed by atoms with Crippen LogP contribution in [0.5, 0.6) is 5.75 Å². The number of phenols is 1. The van der Waals surface area contributed by atoms with Crippen molar-refractivity contribution in [2.75, 3.05) is 77.1 Å². The van der Waals surface area contributed by atoms with Gasteiger partial charge in [-0.15, -0.1) is 0 Å². The molecule has 4 heterocycles. The fourth-order valence-electron chi connectivity index (χ4n) is 7.35. The van der Waals surface area contributed by atoms with E-state index in [2.05, 4.69) is 54.3 Å². The summed E-state index contributed by atoms with van der Waals surface area (Å²) in [6, 6.07) is 16.7. The number of aromatic hydroxyl groups is 1. The Morgan fingerprint density at radius 3 is 2.75 bits per heavy atom. The first-order chi connectivity index (χ1) is 25.7. The number of H-pyrrole nitrogens is 1. The van der Waals surface area contributed by atoms with Gasteiger partial charge in [0.25, 0.3) is 0 Å². The van der Waals surface area contributed by atoms with Gasteiger partial charge >= 0.3 is 0 Å². The lowest BCUT2D eigenvalue weighted by atomic mass is 9.89. The average Bonchev–Trinajstić information content (AvgIpc) is 3.16. The summed E-state index contributed by atoms with van der Waals surface area (Å²) in [7, 11) is 0. The number of likely N-dealkylation sites (N-methyl/N-ethyl adjacent to an activating group) is 1. The molecule has 2 saturated heterocycles. The molecule has 53 heavy (non-hydrogen) atoms. The third-order valence-corrected chi connectivity index (χ3v) is 10.4. The number of piperidine rings is 1. The van der Waals surface area contributed by atoms with E-state index in [0.29, 0.717) is 62.3 Å². The first kappa shape index (κ1) is 38.3. The number of likely N-dealkylation sites (tertiary alicyclic amines) is 1. The number of rotatable bonds is 16. The van der Waals surface area contributed by atoms with Crippen molar-refractivity contribution >= 4 is 22.8 Å². The second-order valence-corrected chi connectivity index (χ2v) is 14.1. The number of aromatic amines is 1. The van der Waals surface area contributed by atoms with Gasteiger partial charge < -0.3 is 39.8 Å². The summed E-state index contributed by atoms with van der Waals surface area (Å²) in [6.07, 6.45) is 4.04. The van der Waals surface area contributed by atoms with Crippen LogP contribution in [-0.2, 0) is 27.2 Å². The lowest BCUT2D eigenvalue weighted by Gasteiger charge is -2.47. The van der Waals surface area contributed by atoms with Crippen LogP contribution in [0.25, 0.3) is 10.9 Å². The van der Waals surface area contributed by atoms with E-state index in [-0.39, 0.29) is 29.4 Å². The van der Waals surface area contributed by atoms with Crippen molar-refractivity contribution in [3.8, 4) is 5.75 Å². The zero-order valence-electron chi connectivity index (χ0n) is 30.9. The Morgan fingerprint density at radius 1 is 1.11 bits per heavy atom. The molecule has 0 unspecified atom stereocenters. The molecule has 13 nitrogen and oxygen atoms in total. The van der Waals surface area contributed by atoms with Crippen LogP contribution in [0.15, 0.2) is 65.6 Å². The number of carbonyl (C=O) groups is 1. The lowest BCUT2D eigenvalue weighted by Crippen LogP contribution is -2.57. The molecule has 2 fully saturated rings. The molecule has 1 amide bonds. The van der Waals surface area contributed by atoms with Gasteiger partial charge in [-0.3, -0.25) is 14.5 Å². The second-order valence-electron chi connectivity index (χ2n) is 14.1. The number of fused-ring (bicyclic) bond motifs is 1. The fourth-order valence-corrected chi connectivity index (χ4v) is 7.35. The molecule has 1 spiro atoms. The molecular weight excluding hydrogens is 674 g/mol. The highest BCUT2D eigenvalue weighted by Crippen LogP contribution is 2.32. The molecule has 0 bridgehead atoms. The van der Waals surface area contributed by atoms with E-state index in [9.17, 15) is 19.8 Å². The molecule has 4 N–H and O–H groups in total. The number of aryl methyl sites for hydroxylation is 1. The van der Waals surface area contributed by atoms with E-state index in [1.54, 1.807) is 17.0 Å². The maximum Gasteiger partial charge on any atom is 0.248 e. The van der Waals surface area contributed by atoms with Crippen molar-refractivity contribution < 1.29 is 24.5 Å². The van der Waals surface area contributed by atoms with E-state index in [4.69, 9.17) is 9.47 Å². The number of nitrogens with zero attached hydrogens (tertiary/aromatic N) is 5. The third kappa shape index (κ3) is 10.2. The molecule has 2 aliphatic rings. The minimum Gasteiger partial charge on any atom is -0.506 e. The number of phenolic OH excluding ortho intramolecular Hbond substituents is 1. The van der Waals surface area contributed by atoms with Crippen LogP contribution in [0.1, 0.15) is 54.7 Å². The Balaban J connectivity index is 0.867. The van der Waals surface area contributed by atoms with Gasteiger partial charge in [0.15, 0.2) is 0 Å². The van der Waals surface area contributed by atoms with Crippen molar-refractivity contribution in [1.29, 1.82) is 0 Å². The van der Waals surface area contributed by atoms with E-state index >= 15 is 0 Å². The number of morpholine rings is 1. The molecule has 2 aliphatic heterocycles. The fraction of sp³-hybridized carbons (Fsp3) is 0.500. The summed E-state index contributed by atoms with van der Waals surface area (Å²) in [5.74, 6) is 0.781. The van der Waals surface area contributed by atoms with Crippen molar-refractivity contribution in [3.05, 3.63) is 93.5 Å².